The van der Waals surface area contributed by atoms with Crippen LogP contribution in [-0.2, 0) is 13.0 Å². The number of fused-ring (bicyclic) bond motifs is 2. The zero-order chi connectivity index (χ0) is 14.8. The zero-order valence-electron chi connectivity index (χ0n) is 12.7. The van der Waals surface area contributed by atoms with Crippen LogP contribution in [0, 0.1) is 0 Å². The Morgan fingerprint density at radius 1 is 1.00 bits per heavy atom. The number of ether oxygens (including phenoxy) is 2. The Balaban J connectivity index is 1.47. The van der Waals surface area contributed by atoms with Gasteiger partial charge in [0.25, 0.3) is 0 Å². The minimum absolute atomic E-state index is 0.457. The second kappa shape index (κ2) is 6.01. The van der Waals surface area contributed by atoms with Crippen molar-refractivity contribution < 1.29 is 9.47 Å². The normalized spacial score (nSPS) is 19.5. The van der Waals surface area contributed by atoms with Crippen molar-refractivity contribution in [2.45, 2.75) is 31.8 Å². The van der Waals surface area contributed by atoms with E-state index >= 15 is 0 Å². The molecular formula is C19H21NO2. The maximum absolute atomic E-state index is 5.66. The van der Waals surface area contributed by atoms with Gasteiger partial charge in [0.2, 0.25) is 0 Å². The third-order valence-corrected chi connectivity index (χ3v) is 4.53. The van der Waals surface area contributed by atoms with E-state index in [2.05, 4.69) is 41.7 Å². The van der Waals surface area contributed by atoms with Gasteiger partial charge in [-0.05, 0) is 48.1 Å². The van der Waals surface area contributed by atoms with Crippen LogP contribution in [0.25, 0.3) is 0 Å². The third kappa shape index (κ3) is 2.69. The molecule has 1 heterocycles. The lowest BCUT2D eigenvalue weighted by Crippen LogP contribution is -2.25. The van der Waals surface area contributed by atoms with Crippen LogP contribution in [0.5, 0.6) is 11.5 Å². The van der Waals surface area contributed by atoms with Gasteiger partial charge in [-0.25, -0.2) is 0 Å². The van der Waals surface area contributed by atoms with E-state index < -0.39 is 0 Å². The first-order chi connectivity index (χ1) is 10.9. The van der Waals surface area contributed by atoms with E-state index in [-0.39, 0.29) is 0 Å². The lowest BCUT2D eigenvalue weighted by atomic mass is 9.87. The van der Waals surface area contributed by atoms with E-state index in [1.165, 1.54) is 36.0 Å². The van der Waals surface area contributed by atoms with Gasteiger partial charge >= 0.3 is 0 Å². The molecule has 0 aromatic heterocycles. The lowest BCUT2D eigenvalue weighted by Gasteiger charge is -2.27. The summed E-state index contributed by atoms with van der Waals surface area (Å²) in [6.45, 7) is 2.14. The van der Waals surface area contributed by atoms with Gasteiger partial charge in [0, 0.05) is 12.6 Å². The SMILES string of the molecule is c1ccc2c(c1)CCC[C@@H]2NCc1ccc2c(c1)OCCO2. The molecule has 0 saturated heterocycles. The van der Waals surface area contributed by atoms with Crippen LogP contribution in [0.15, 0.2) is 42.5 Å². The molecule has 1 atom stereocenters. The largest absolute Gasteiger partial charge is 0.486 e. The van der Waals surface area contributed by atoms with Crippen molar-refractivity contribution in [3.8, 4) is 11.5 Å². The molecule has 1 N–H and O–H groups in total. The van der Waals surface area contributed by atoms with Gasteiger partial charge in [0.15, 0.2) is 11.5 Å². The lowest BCUT2D eigenvalue weighted by molar-refractivity contribution is 0.171. The van der Waals surface area contributed by atoms with Gasteiger partial charge in [0.05, 0.1) is 0 Å². The van der Waals surface area contributed by atoms with Crippen molar-refractivity contribution in [1.82, 2.24) is 5.32 Å². The van der Waals surface area contributed by atoms with E-state index in [0.29, 0.717) is 19.3 Å². The summed E-state index contributed by atoms with van der Waals surface area (Å²) in [5.41, 5.74) is 4.20. The van der Waals surface area contributed by atoms with Gasteiger partial charge in [-0.2, -0.15) is 0 Å². The van der Waals surface area contributed by atoms with Gasteiger partial charge in [-0.1, -0.05) is 30.3 Å². The summed E-state index contributed by atoms with van der Waals surface area (Å²) in [7, 11) is 0. The predicted molar refractivity (Wildman–Crippen MR) is 86.4 cm³/mol. The molecule has 22 heavy (non-hydrogen) atoms. The first-order valence-corrected chi connectivity index (χ1v) is 8.10. The zero-order valence-corrected chi connectivity index (χ0v) is 12.7. The van der Waals surface area contributed by atoms with Gasteiger partial charge in [-0.15, -0.1) is 0 Å². The number of hydrogen-bond acceptors (Lipinski definition) is 3. The molecule has 114 valence electrons. The fourth-order valence-electron chi connectivity index (χ4n) is 3.40. The number of hydrogen-bond donors (Lipinski definition) is 1. The molecule has 3 heteroatoms. The molecule has 0 spiro atoms. The van der Waals surface area contributed by atoms with Gasteiger partial charge < -0.3 is 14.8 Å². The summed E-state index contributed by atoms with van der Waals surface area (Å²) in [6, 6.07) is 15.5. The summed E-state index contributed by atoms with van der Waals surface area (Å²) >= 11 is 0. The maximum atomic E-state index is 5.66. The molecule has 2 aliphatic rings. The molecule has 0 unspecified atom stereocenters. The molecule has 0 saturated carbocycles. The summed E-state index contributed by atoms with van der Waals surface area (Å²) in [6.07, 6.45) is 3.68. The molecule has 0 radical (unpaired) electrons. The molecule has 0 fully saturated rings. The van der Waals surface area contributed by atoms with Crippen molar-refractivity contribution in [3.63, 3.8) is 0 Å². The van der Waals surface area contributed by atoms with Gasteiger partial charge in [0.1, 0.15) is 13.2 Å². The molecule has 3 nitrogen and oxygen atoms in total. The van der Waals surface area contributed by atoms with Crippen molar-refractivity contribution in [1.29, 1.82) is 0 Å². The van der Waals surface area contributed by atoms with Gasteiger partial charge in [-0.3, -0.25) is 0 Å². The molecule has 0 bridgehead atoms. The van der Waals surface area contributed by atoms with Crippen LogP contribution in [0.1, 0.15) is 35.6 Å². The van der Waals surface area contributed by atoms with E-state index in [0.717, 1.165) is 18.0 Å². The Morgan fingerprint density at radius 2 is 1.86 bits per heavy atom. The van der Waals surface area contributed by atoms with Crippen molar-refractivity contribution in [2.75, 3.05) is 13.2 Å². The van der Waals surface area contributed by atoms with Crippen LogP contribution in [0.3, 0.4) is 0 Å². The van der Waals surface area contributed by atoms with Crippen molar-refractivity contribution in [3.05, 3.63) is 59.2 Å². The molecule has 1 aliphatic heterocycles. The standard InChI is InChI=1S/C19H21NO2/c1-2-6-16-15(4-1)5-3-7-17(16)20-13-14-8-9-18-19(12-14)22-11-10-21-18/h1-2,4,6,8-9,12,17,20H,3,5,7,10-11,13H2/t17-/m0/s1. The highest BCUT2D eigenvalue weighted by molar-refractivity contribution is 5.44. The van der Waals surface area contributed by atoms with Crippen molar-refractivity contribution in [2.24, 2.45) is 0 Å². The van der Waals surface area contributed by atoms with E-state index in [1.807, 2.05) is 6.07 Å². The second-order valence-electron chi connectivity index (χ2n) is 6.00. The molecular weight excluding hydrogens is 274 g/mol. The Kier molecular flexibility index (Phi) is 3.73. The highest BCUT2D eigenvalue weighted by Gasteiger charge is 2.19. The summed E-state index contributed by atoms with van der Waals surface area (Å²) in [5.74, 6) is 1.73. The van der Waals surface area contributed by atoms with E-state index in [1.54, 1.807) is 0 Å². The smallest absolute Gasteiger partial charge is 0.161 e. The molecule has 2 aromatic rings. The summed E-state index contributed by atoms with van der Waals surface area (Å²) in [4.78, 5) is 0. The average Bonchev–Trinajstić information content (AvgIpc) is 2.60. The average molecular weight is 295 g/mol. The van der Waals surface area contributed by atoms with Crippen LogP contribution in [0.2, 0.25) is 0 Å². The van der Waals surface area contributed by atoms with Crippen LogP contribution in [0.4, 0.5) is 0 Å². The number of nitrogens with one attached hydrogen (secondary N) is 1. The maximum Gasteiger partial charge on any atom is 0.161 e. The Labute approximate surface area is 131 Å². The highest BCUT2D eigenvalue weighted by atomic mass is 16.6. The highest BCUT2D eigenvalue weighted by Crippen LogP contribution is 2.32. The fourth-order valence-corrected chi connectivity index (χ4v) is 3.40. The Morgan fingerprint density at radius 3 is 2.82 bits per heavy atom. The number of rotatable bonds is 3. The topological polar surface area (TPSA) is 30.5 Å². The van der Waals surface area contributed by atoms with Crippen molar-refractivity contribution >= 4 is 0 Å². The monoisotopic (exact) mass is 295 g/mol. The van der Waals surface area contributed by atoms with Crippen LogP contribution < -0.4 is 14.8 Å². The quantitative estimate of drug-likeness (QED) is 0.938. The molecule has 0 amide bonds. The Bertz CT molecular complexity index is 668. The first kappa shape index (κ1) is 13.6. The Hall–Kier alpha value is -2.00. The van der Waals surface area contributed by atoms with Crippen LogP contribution in [-0.4, -0.2) is 13.2 Å². The van der Waals surface area contributed by atoms with E-state index in [4.69, 9.17) is 9.47 Å². The van der Waals surface area contributed by atoms with E-state index in [9.17, 15) is 0 Å². The minimum atomic E-state index is 0.457. The molecule has 1 aliphatic carbocycles. The summed E-state index contributed by atoms with van der Waals surface area (Å²) in [5, 5.41) is 3.70. The van der Waals surface area contributed by atoms with Crippen LogP contribution >= 0.6 is 0 Å². The number of aryl methyl sites for hydroxylation is 1. The second-order valence-corrected chi connectivity index (χ2v) is 6.00. The number of benzene rings is 2. The predicted octanol–water partition coefficient (Wildman–Crippen LogP) is 3.63. The first-order valence-electron chi connectivity index (χ1n) is 8.10. The molecule has 2 aromatic carbocycles. The third-order valence-electron chi connectivity index (χ3n) is 4.53. The minimum Gasteiger partial charge on any atom is -0.486 e. The summed E-state index contributed by atoms with van der Waals surface area (Å²) < 4.78 is 11.2. The molecule has 4 rings (SSSR count). The fraction of sp³-hybridized carbons (Fsp3) is 0.368.